The quantitative estimate of drug-likeness (QED) is 0.592. The standard InChI is InChI=1S/C18H22N4OS/c1-3-11-22-14(2)20-21-17(22)24-12-16(23)19-13-18(9-10-18)15-7-5-4-6-8-15/h3-8H,1,9-13H2,2H3,(H,19,23). The number of hydrogen-bond acceptors (Lipinski definition) is 4. The van der Waals surface area contributed by atoms with Crippen molar-refractivity contribution in [2.24, 2.45) is 0 Å². The molecule has 5 nitrogen and oxygen atoms in total. The van der Waals surface area contributed by atoms with Gasteiger partial charge in [-0.2, -0.15) is 0 Å². The fourth-order valence-corrected chi connectivity index (χ4v) is 3.59. The van der Waals surface area contributed by atoms with Gasteiger partial charge in [0.2, 0.25) is 5.91 Å². The molecule has 0 radical (unpaired) electrons. The summed E-state index contributed by atoms with van der Waals surface area (Å²) in [6, 6.07) is 10.4. The number of carbonyl (C=O) groups excluding carboxylic acids is 1. The predicted octanol–water partition coefficient (Wildman–Crippen LogP) is 2.71. The third kappa shape index (κ3) is 3.70. The monoisotopic (exact) mass is 342 g/mol. The van der Waals surface area contributed by atoms with Crippen LogP contribution in [0.25, 0.3) is 0 Å². The van der Waals surface area contributed by atoms with Crippen LogP contribution in [0.3, 0.4) is 0 Å². The Morgan fingerprint density at radius 2 is 2.12 bits per heavy atom. The van der Waals surface area contributed by atoms with Crippen molar-refractivity contribution in [3.63, 3.8) is 0 Å². The molecule has 0 unspecified atom stereocenters. The van der Waals surface area contributed by atoms with E-state index in [1.54, 1.807) is 6.08 Å². The number of benzene rings is 1. The molecule has 6 heteroatoms. The van der Waals surface area contributed by atoms with Crippen molar-refractivity contribution in [1.82, 2.24) is 20.1 Å². The molecule has 1 N–H and O–H groups in total. The fourth-order valence-electron chi connectivity index (χ4n) is 2.77. The lowest BCUT2D eigenvalue weighted by atomic mass is 9.96. The molecular weight excluding hydrogens is 320 g/mol. The molecule has 1 fully saturated rings. The van der Waals surface area contributed by atoms with Crippen LogP contribution in [0.1, 0.15) is 24.2 Å². The van der Waals surface area contributed by atoms with Crippen molar-refractivity contribution in [3.8, 4) is 0 Å². The summed E-state index contributed by atoms with van der Waals surface area (Å²) in [6.45, 7) is 7.00. The number of allylic oxidation sites excluding steroid dienone is 1. The van der Waals surface area contributed by atoms with Crippen molar-refractivity contribution in [1.29, 1.82) is 0 Å². The zero-order valence-corrected chi connectivity index (χ0v) is 14.7. The Bertz CT molecular complexity index is 722. The number of aromatic nitrogens is 3. The summed E-state index contributed by atoms with van der Waals surface area (Å²) in [5, 5.41) is 12.0. The minimum atomic E-state index is 0.0352. The van der Waals surface area contributed by atoms with E-state index in [1.807, 2.05) is 17.6 Å². The van der Waals surface area contributed by atoms with Crippen molar-refractivity contribution >= 4 is 17.7 Å². The number of hydrogen-bond donors (Lipinski definition) is 1. The Kier molecular flexibility index (Phi) is 5.04. The second-order valence-electron chi connectivity index (χ2n) is 6.14. The molecule has 24 heavy (non-hydrogen) atoms. The van der Waals surface area contributed by atoms with Gasteiger partial charge in [0.05, 0.1) is 5.75 Å². The van der Waals surface area contributed by atoms with E-state index in [1.165, 1.54) is 17.3 Å². The number of rotatable bonds is 8. The zero-order chi connectivity index (χ0) is 17.0. The SMILES string of the molecule is C=CCn1c(C)nnc1SCC(=O)NCC1(c2ccccc2)CC1. The highest BCUT2D eigenvalue weighted by atomic mass is 32.2. The second kappa shape index (κ2) is 7.21. The van der Waals surface area contributed by atoms with Crippen LogP contribution in [0.4, 0.5) is 0 Å². The van der Waals surface area contributed by atoms with E-state index in [4.69, 9.17) is 0 Å². The van der Waals surface area contributed by atoms with E-state index in [2.05, 4.69) is 46.4 Å². The molecule has 0 spiro atoms. The lowest BCUT2D eigenvalue weighted by Gasteiger charge is -2.16. The summed E-state index contributed by atoms with van der Waals surface area (Å²) in [6.07, 6.45) is 4.08. The third-order valence-electron chi connectivity index (χ3n) is 4.41. The normalized spacial score (nSPS) is 15.0. The lowest BCUT2D eigenvalue weighted by Crippen LogP contribution is -2.33. The van der Waals surface area contributed by atoms with Crippen LogP contribution in [0.2, 0.25) is 0 Å². The first kappa shape index (κ1) is 16.8. The Labute approximate surface area is 146 Å². The number of thioether (sulfide) groups is 1. The molecule has 1 aromatic carbocycles. The summed E-state index contributed by atoms with van der Waals surface area (Å²) in [5.41, 5.74) is 1.46. The second-order valence-corrected chi connectivity index (χ2v) is 7.08. The average Bonchev–Trinajstić information content (AvgIpc) is 3.33. The minimum Gasteiger partial charge on any atom is -0.354 e. The maximum absolute atomic E-state index is 12.2. The first-order valence-corrected chi connectivity index (χ1v) is 9.09. The molecule has 126 valence electrons. The maximum atomic E-state index is 12.2. The minimum absolute atomic E-state index is 0.0352. The maximum Gasteiger partial charge on any atom is 0.230 e. The summed E-state index contributed by atoms with van der Waals surface area (Å²) in [4.78, 5) is 12.2. The van der Waals surface area contributed by atoms with E-state index < -0.39 is 0 Å². The predicted molar refractivity (Wildman–Crippen MR) is 96.0 cm³/mol. The largest absolute Gasteiger partial charge is 0.354 e. The molecular formula is C18H22N4OS. The summed E-state index contributed by atoms with van der Waals surface area (Å²) in [7, 11) is 0. The first-order chi connectivity index (χ1) is 11.6. The number of nitrogens with one attached hydrogen (secondary N) is 1. The van der Waals surface area contributed by atoms with Gasteiger partial charge in [0.25, 0.3) is 0 Å². The summed E-state index contributed by atoms with van der Waals surface area (Å²) in [5.74, 6) is 1.21. The molecule has 1 aromatic heterocycles. The molecule has 0 bridgehead atoms. The van der Waals surface area contributed by atoms with Gasteiger partial charge in [-0.1, -0.05) is 48.2 Å². The highest BCUT2D eigenvalue weighted by Gasteiger charge is 2.44. The molecule has 0 atom stereocenters. The Morgan fingerprint density at radius 3 is 2.79 bits per heavy atom. The smallest absolute Gasteiger partial charge is 0.230 e. The molecule has 1 saturated carbocycles. The molecule has 1 aliphatic carbocycles. The summed E-state index contributed by atoms with van der Waals surface area (Å²) >= 11 is 1.41. The van der Waals surface area contributed by atoms with E-state index in [-0.39, 0.29) is 11.3 Å². The number of aryl methyl sites for hydroxylation is 1. The van der Waals surface area contributed by atoms with Gasteiger partial charge in [-0.15, -0.1) is 16.8 Å². The molecule has 0 saturated heterocycles. The van der Waals surface area contributed by atoms with Crippen LogP contribution in [0.5, 0.6) is 0 Å². The van der Waals surface area contributed by atoms with Gasteiger partial charge in [-0.05, 0) is 25.3 Å². The van der Waals surface area contributed by atoms with Crippen molar-refractivity contribution < 1.29 is 4.79 Å². The van der Waals surface area contributed by atoms with Crippen molar-refractivity contribution in [2.45, 2.75) is 36.9 Å². The van der Waals surface area contributed by atoms with Gasteiger partial charge < -0.3 is 9.88 Å². The Hall–Kier alpha value is -2.08. The zero-order valence-electron chi connectivity index (χ0n) is 13.9. The van der Waals surface area contributed by atoms with Crippen LogP contribution >= 0.6 is 11.8 Å². The fraction of sp³-hybridized carbons (Fsp3) is 0.389. The third-order valence-corrected chi connectivity index (χ3v) is 5.38. The number of carbonyl (C=O) groups is 1. The van der Waals surface area contributed by atoms with Gasteiger partial charge in [0.15, 0.2) is 5.16 Å². The van der Waals surface area contributed by atoms with Crippen LogP contribution in [0, 0.1) is 6.92 Å². The van der Waals surface area contributed by atoms with Crippen LogP contribution in [-0.2, 0) is 16.8 Å². The Balaban J connectivity index is 1.51. The van der Waals surface area contributed by atoms with E-state index in [9.17, 15) is 4.79 Å². The van der Waals surface area contributed by atoms with E-state index in [0.717, 1.165) is 23.8 Å². The molecule has 1 amide bonds. The number of nitrogens with zero attached hydrogens (tertiary/aromatic N) is 3. The molecule has 1 heterocycles. The van der Waals surface area contributed by atoms with Crippen LogP contribution < -0.4 is 5.32 Å². The lowest BCUT2D eigenvalue weighted by molar-refractivity contribution is -0.118. The van der Waals surface area contributed by atoms with Gasteiger partial charge in [-0.3, -0.25) is 4.79 Å². The molecule has 2 aromatic rings. The van der Waals surface area contributed by atoms with Gasteiger partial charge in [0.1, 0.15) is 5.82 Å². The first-order valence-electron chi connectivity index (χ1n) is 8.10. The number of amides is 1. The van der Waals surface area contributed by atoms with Crippen LogP contribution in [-0.4, -0.2) is 33.0 Å². The Morgan fingerprint density at radius 1 is 1.38 bits per heavy atom. The van der Waals surface area contributed by atoms with Gasteiger partial charge in [0, 0.05) is 18.5 Å². The van der Waals surface area contributed by atoms with Gasteiger partial charge in [-0.25, -0.2) is 0 Å². The topological polar surface area (TPSA) is 59.8 Å². The summed E-state index contributed by atoms with van der Waals surface area (Å²) < 4.78 is 1.96. The van der Waals surface area contributed by atoms with Crippen LogP contribution in [0.15, 0.2) is 48.1 Å². The molecule has 0 aliphatic heterocycles. The molecule has 3 rings (SSSR count). The molecule has 1 aliphatic rings. The van der Waals surface area contributed by atoms with E-state index in [0.29, 0.717) is 18.8 Å². The average molecular weight is 342 g/mol. The van der Waals surface area contributed by atoms with Crippen molar-refractivity contribution in [2.75, 3.05) is 12.3 Å². The van der Waals surface area contributed by atoms with Gasteiger partial charge >= 0.3 is 0 Å². The van der Waals surface area contributed by atoms with Crippen molar-refractivity contribution in [3.05, 3.63) is 54.4 Å². The highest BCUT2D eigenvalue weighted by molar-refractivity contribution is 7.99. The van der Waals surface area contributed by atoms with E-state index >= 15 is 0 Å². The highest BCUT2D eigenvalue weighted by Crippen LogP contribution is 2.47.